The topological polar surface area (TPSA) is 47.6 Å². The zero-order chi connectivity index (χ0) is 12.4. The highest BCUT2D eigenvalue weighted by Gasteiger charge is 2.15. The van der Waals surface area contributed by atoms with Crippen LogP contribution in [0.4, 0.5) is 0 Å². The molecule has 2 rings (SSSR count). The predicted molar refractivity (Wildman–Crippen MR) is 63.7 cm³/mol. The van der Waals surface area contributed by atoms with Gasteiger partial charge >= 0.3 is 0 Å². The molecule has 0 aliphatic heterocycles. The van der Waals surface area contributed by atoms with Crippen LogP contribution in [0.1, 0.15) is 0 Å². The number of methoxy groups -OCH3 is 3. The van der Waals surface area contributed by atoms with Crippen LogP contribution in [0.15, 0.2) is 24.3 Å². The van der Waals surface area contributed by atoms with E-state index in [1.54, 1.807) is 32.4 Å². The summed E-state index contributed by atoms with van der Waals surface area (Å²) in [6.07, 6.45) is 0. The normalized spacial score (nSPS) is 10.3. The van der Waals surface area contributed by atoms with Gasteiger partial charge in [0.15, 0.2) is 17.2 Å². The Morgan fingerprint density at radius 3 is 1.94 bits per heavy atom. The van der Waals surface area contributed by atoms with Gasteiger partial charge < -0.3 is 14.2 Å². The maximum atomic E-state index is 11.6. The molecule has 0 amide bonds. The van der Waals surface area contributed by atoms with E-state index in [4.69, 9.17) is 14.2 Å². The average molecular weight is 233 g/mol. The molecule has 0 spiro atoms. The van der Waals surface area contributed by atoms with Crippen LogP contribution >= 0.6 is 0 Å². The summed E-state index contributed by atoms with van der Waals surface area (Å²) in [6.45, 7) is 0. The van der Waals surface area contributed by atoms with Crippen molar-refractivity contribution in [1.82, 2.24) is 0 Å². The zero-order valence-electron chi connectivity index (χ0n) is 9.94. The highest BCUT2D eigenvalue weighted by molar-refractivity contribution is 5.96. The first-order valence-corrected chi connectivity index (χ1v) is 5.11. The van der Waals surface area contributed by atoms with Crippen LogP contribution in [-0.4, -0.2) is 21.3 Å². The molecule has 0 fully saturated rings. The van der Waals surface area contributed by atoms with Crippen LogP contribution in [-0.2, 0) is 5.11 Å². The monoisotopic (exact) mass is 233 g/mol. The predicted octanol–water partition coefficient (Wildman–Crippen LogP) is 3.01. The van der Waals surface area contributed by atoms with Crippen LogP contribution in [0, 0.1) is 0 Å². The lowest BCUT2D eigenvalue weighted by molar-refractivity contribution is 0.318. The molecule has 0 heterocycles. The van der Waals surface area contributed by atoms with E-state index >= 15 is 0 Å². The third-order valence-corrected chi connectivity index (χ3v) is 2.66. The number of hydrogen-bond acceptors (Lipinski definition) is 3. The Morgan fingerprint density at radius 1 is 0.765 bits per heavy atom. The summed E-state index contributed by atoms with van der Waals surface area (Å²) in [4.78, 5) is 0. The quantitative estimate of drug-likeness (QED) is 0.818. The first kappa shape index (κ1) is 11.4. The lowest BCUT2D eigenvalue weighted by Crippen LogP contribution is -1.93. The van der Waals surface area contributed by atoms with Crippen molar-refractivity contribution in [2.45, 2.75) is 0 Å². The van der Waals surface area contributed by atoms with Crippen LogP contribution < -0.4 is 14.2 Å². The second-order valence-electron chi connectivity index (χ2n) is 3.49. The van der Waals surface area contributed by atoms with E-state index in [9.17, 15) is 5.11 Å². The van der Waals surface area contributed by atoms with Crippen molar-refractivity contribution in [2.75, 3.05) is 21.3 Å². The Kier molecular flexibility index (Phi) is 2.95. The van der Waals surface area contributed by atoms with Crippen molar-refractivity contribution in [1.29, 1.82) is 0 Å². The van der Waals surface area contributed by atoms with Crippen molar-refractivity contribution in [3.8, 4) is 23.0 Å². The molecule has 4 nitrogen and oxygen atoms in total. The summed E-state index contributed by atoms with van der Waals surface area (Å²) < 4.78 is 15.6. The van der Waals surface area contributed by atoms with Crippen molar-refractivity contribution in [3.63, 3.8) is 0 Å². The average Bonchev–Trinajstić information content (AvgIpc) is 2.37. The number of benzene rings is 2. The van der Waals surface area contributed by atoms with Gasteiger partial charge in [0, 0.05) is 10.8 Å². The summed E-state index contributed by atoms with van der Waals surface area (Å²) in [5.41, 5.74) is 0. The maximum absolute atomic E-state index is 11.6. The molecule has 2 aromatic rings. The Balaban J connectivity index is 2.83. The van der Waals surface area contributed by atoms with Crippen molar-refractivity contribution in [2.24, 2.45) is 0 Å². The van der Waals surface area contributed by atoms with Gasteiger partial charge in [-0.25, -0.2) is 0 Å². The summed E-state index contributed by atoms with van der Waals surface area (Å²) in [5.74, 6) is 1.40. The summed E-state index contributed by atoms with van der Waals surface area (Å²) in [7, 11) is 4.62. The molecule has 2 aromatic carbocycles. The third kappa shape index (κ3) is 1.71. The molecule has 0 aliphatic rings. The second kappa shape index (κ2) is 4.41. The van der Waals surface area contributed by atoms with Crippen LogP contribution in [0.2, 0.25) is 0 Å². The standard InChI is InChI=1S/C13H13O4/c1-15-11-7-5-8-9(13(11)17-3)4-6-10(14)12(8)16-2/h4-7H,1-3H3. The van der Waals surface area contributed by atoms with Crippen molar-refractivity contribution >= 4 is 10.8 Å². The second-order valence-corrected chi connectivity index (χ2v) is 3.49. The van der Waals surface area contributed by atoms with Crippen LogP contribution in [0.25, 0.3) is 10.8 Å². The minimum Gasteiger partial charge on any atom is -0.493 e. The number of ether oxygens (including phenoxy) is 3. The Morgan fingerprint density at radius 2 is 1.35 bits per heavy atom. The Hall–Kier alpha value is -2.10. The van der Waals surface area contributed by atoms with Gasteiger partial charge in [0.2, 0.25) is 5.75 Å². The molecule has 0 saturated heterocycles. The molecule has 89 valence electrons. The Bertz CT molecular complexity index is 549. The molecule has 0 atom stereocenters. The highest BCUT2D eigenvalue weighted by Crippen LogP contribution is 2.42. The number of hydrogen-bond donors (Lipinski definition) is 0. The minimum absolute atomic E-state index is 0.146. The van der Waals surface area contributed by atoms with Crippen LogP contribution in [0.5, 0.6) is 23.0 Å². The number of rotatable bonds is 3. The van der Waals surface area contributed by atoms with E-state index in [-0.39, 0.29) is 5.75 Å². The maximum Gasteiger partial charge on any atom is 0.221 e. The van der Waals surface area contributed by atoms with E-state index in [2.05, 4.69) is 0 Å². The minimum atomic E-state index is -0.146. The molecular weight excluding hydrogens is 220 g/mol. The molecule has 0 saturated carbocycles. The molecule has 0 unspecified atom stereocenters. The van der Waals surface area contributed by atoms with E-state index in [1.165, 1.54) is 13.2 Å². The van der Waals surface area contributed by atoms with Gasteiger partial charge in [-0.2, -0.15) is 0 Å². The van der Waals surface area contributed by atoms with E-state index in [0.29, 0.717) is 17.2 Å². The highest BCUT2D eigenvalue weighted by atomic mass is 16.5. The van der Waals surface area contributed by atoms with Crippen LogP contribution in [0.3, 0.4) is 0 Å². The SMILES string of the molecule is COc1ccc2c(OC)c([O])ccc2c1OC. The molecule has 0 aliphatic carbocycles. The molecule has 4 heteroatoms. The van der Waals surface area contributed by atoms with E-state index in [0.717, 1.165) is 10.8 Å². The van der Waals surface area contributed by atoms with Gasteiger partial charge in [-0.15, -0.1) is 0 Å². The van der Waals surface area contributed by atoms with Gasteiger partial charge in [-0.1, -0.05) is 0 Å². The van der Waals surface area contributed by atoms with Gasteiger partial charge in [-0.05, 0) is 24.3 Å². The van der Waals surface area contributed by atoms with E-state index in [1.807, 2.05) is 0 Å². The molecule has 0 aromatic heterocycles. The fraction of sp³-hybridized carbons (Fsp3) is 0.231. The van der Waals surface area contributed by atoms with Gasteiger partial charge in [0.05, 0.1) is 21.3 Å². The molecular formula is C13H13O4. The van der Waals surface area contributed by atoms with Crippen molar-refractivity contribution < 1.29 is 19.3 Å². The molecule has 1 radical (unpaired) electrons. The number of fused-ring (bicyclic) bond motifs is 1. The van der Waals surface area contributed by atoms with Gasteiger partial charge in [-0.3, -0.25) is 5.11 Å². The molecule has 17 heavy (non-hydrogen) atoms. The van der Waals surface area contributed by atoms with Gasteiger partial charge in [0.1, 0.15) is 0 Å². The molecule has 0 N–H and O–H groups in total. The molecule has 0 bridgehead atoms. The first-order chi connectivity index (χ1) is 8.22. The summed E-state index contributed by atoms with van der Waals surface area (Å²) in [5, 5.41) is 13.1. The fourth-order valence-electron chi connectivity index (χ4n) is 1.89. The van der Waals surface area contributed by atoms with Gasteiger partial charge in [0.25, 0.3) is 0 Å². The lowest BCUT2D eigenvalue weighted by Gasteiger charge is -2.12. The summed E-state index contributed by atoms with van der Waals surface area (Å²) >= 11 is 0. The zero-order valence-corrected chi connectivity index (χ0v) is 9.94. The largest absolute Gasteiger partial charge is 0.493 e. The smallest absolute Gasteiger partial charge is 0.221 e. The fourth-order valence-corrected chi connectivity index (χ4v) is 1.89. The first-order valence-electron chi connectivity index (χ1n) is 5.11. The van der Waals surface area contributed by atoms with Crippen molar-refractivity contribution in [3.05, 3.63) is 24.3 Å². The van der Waals surface area contributed by atoms with E-state index < -0.39 is 0 Å². The lowest BCUT2D eigenvalue weighted by atomic mass is 10.1. The summed E-state index contributed by atoms with van der Waals surface area (Å²) in [6, 6.07) is 6.71. The third-order valence-electron chi connectivity index (χ3n) is 2.66. The Labute approximate surface area is 99.3 Å².